The molecule has 92 valence electrons. The Morgan fingerprint density at radius 1 is 1.00 bits per heavy atom. The molecular formula is C15H14OS2. The topological polar surface area (TPSA) is 17.1 Å². The van der Waals surface area contributed by atoms with Gasteiger partial charge >= 0.3 is 0 Å². The summed E-state index contributed by atoms with van der Waals surface area (Å²) < 4.78 is 0. The molecule has 18 heavy (non-hydrogen) atoms. The smallest absolute Gasteiger partial charge is 0.219 e. The summed E-state index contributed by atoms with van der Waals surface area (Å²) in [5.41, 5.74) is 1.93. The van der Waals surface area contributed by atoms with E-state index in [0.717, 1.165) is 16.9 Å². The van der Waals surface area contributed by atoms with Crippen LogP contribution in [0.1, 0.15) is 15.9 Å². The minimum absolute atomic E-state index is 0.138. The van der Waals surface area contributed by atoms with Crippen molar-refractivity contribution < 1.29 is 4.79 Å². The van der Waals surface area contributed by atoms with Crippen molar-refractivity contribution in [3.63, 3.8) is 0 Å². The normalized spacial score (nSPS) is 10.3. The van der Waals surface area contributed by atoms with Crippen LogP contribution >= 0.6 is 23.5 Å². The molecule has 0 aromatic heterocycles. The second-order valence-electron chi connectivity index (χ2n) is 3.75. The van der Waals surface area contributed by atoms with Gasteiger partial charge < -0.3 is 0 Å². The maximum Gasteiger partial charge on any atom is 0.219 e. The third-order valence-electron chi connectivity index (χ3n) is 2.56. The summed E-state index contributed by atoms with van der Waals surface area (Å²) in [6.07, 6.45) is 1.82. The first-order valence-corrected chi connectivity index (χ1v) is 7.86. The van der Waals surface area contributed by atoms with Crippen LogP contribution in [0.25, 0.3) is 0 Å². The van der Waals surface area contributed by atoms with Crippen molar-refractivity contribution in [2.24, 2.45) is 0 Å². The van der Waals surface area contributed by atoms with Gasteiger partial charge in [-0.3, -0.25) is 4.79 Å². The van der Waals surface area contributed by atoms with E-state index >= 15 is 0 Å². The summed E-state index contributed by atoms with van der Waals surface area (Å²) in [6.45, 7) is 0. The number of carbonyl (C=O) groups excluding carboxylic acids is 1. The first-order valence-electron chi connectivity index (χ1n) is 5.65. The summed E-state index contributed by atoms with van der Waals surface area (Å²) in [7, 11) is 0. The Balaban J connectivity index is 2.12. The summed E-state index contributed by atoms with van der Waals surface area (Å²) >= 11 is 3.02. The van der Waals surface area contributed by atoms with Gasteiger partial charge in [0.1, 0.15) is 0 Å². The van der Waals surface area contributed by atoms with E-state index in [9.17, 15) is 4.79 Å². The maximum absolute atomic E-state index is 11.8. The van der Waals surface area contributed by atoms with Crippen LogP contribution < -0.4 is 0 Å². The van der Waals surface area contributed by atoms with Gasteiger partial charge in [0.15, 0.2) is 0 Å². The van der Waals surface area contributed by atoms with Gasteiger partial charge in [-0.1, -0.05) is 54.2 Å². The van der Waals surface area contributed by atoms with E-state index in [4.69, 9.17) is 0 Å². The number of hydrogen-bond acceptors (Lipinski definition) is 3. The molecular weight excluding hydrogens is 260 g/mol. The van der Waals surface area contributed by atoms with Crippen molar-refractivity contribution in [3.05, 3.63) is 65.7 Å². The average molecular weight is 274 g/mol. The zero-order valence-electron chi connectivity index (χ0n) is 10.1. The van der Waals surface area contributed by atoms with Crippen LogP contribution in [0.15, 0.2) is 59.5 Å². The molecule has 3 heteroatoms. The Morgan fingerprint density at radius 3 is 2.39 bits per heavy atom. The molecule has 2 aromatic rings. The van der Waals surface area contributed by atoms with Crippen molar-refractivity contribution in [2.45, 2.75) is 10.6 Å². The largest absolute Gasteiger partial charge is 0.282 e. The average Bonchev–Trinajstić information content (AvgIpc) is 2.45. The molecule has 2 aromatic carbocycles. The van der Waals surface area contributed by atoms with Crippen molar-refractivity contribution in [1.29, 1.82) is 0 Å². The molecule has 0 amide bonds. The summed E-state index contributed by atoms with van der Waals surface area (Å²) in [6, 6.07) is 18.1. The highest BCUT2D eigenvalue weighted by Gasteiger charge is 2.09. The molecule has 0 atom stereocenters. The number of hydrogen-bond donors (Lipinski definition) is 0. The molecule has 0 N–H and O–H groups in total. The Labute approximate surface area is 116 Å². The predicted molar refractivity (Wildman–Crippen MR) is 80.3 cm³/mol. The number of carbonyl (C=O) groups is 1. The molecule has 0 aliphatic rings. The van der Waals surface area contributed by atoms with Crippen LogP contribution in [0, 0.1) is 0 Å². The highest BCUT2D eigenvalue weighted by Crippen LogP contribution is 2.25. The van der Waals surface area contributed by atoms with Gasteiger partial charge in [0.2, 0.25) is 5.12 Å². The van der Waals surface area contributed by atoms with Crippen LogP contribution in [0.4, 0.5) is 0 Å². The lowest BCUT2D eigenvalue weighted by Gasteiger charge is -2.07. The third-order valence-corrected chi connectivity index (χ3v) is 4.21. The van der Waals surface area contributed by atoms with Gasteiger partial charge in [0.05, 0.1) is 0 Å². The van der Waals surface area contributed by atoms with Crippen molar-refractivity contribution in [1.82, 2.24) is 0 Å². The van der Waals surface area contributed by atoms with E-state index in [1.54, 1.807) is 11.8 Å². The van der Waals surface area contributed by atoms with Crippen LogP contribution in [0.3, 0.4) is 0 Å². The quantitative estimate of drug-likeness (QED) is 0.765. The summed E-state index contributed by atoms with van der Waals surface area (Å²) in [5, 5.41) is 0.138. The summed E-state index contributed by atoms with van der Waals surface area (Å²) in [4.78, 5) is 13.0. The highest BCUT2D eigenvalue weighted by atomic mass is 32.2. The zero-order chi connectivity index (χ0) is 12.8. The second kappa shape index (κ2) is 6.66. The molecule has 0 radical (unpaired) electrons. The fourth-order valence-corrected chi connectivity index (χ4v) is 2.98. The van der Waals surface area contributed by atoms with Gasteiger partial charge in [-0.25, -0.2) is 0 Å². The predicted octanol–water partition coefficient (Wildman–Crippen LogP) is 4.48. The minimum Gasteiger partial charge on any atom is -0.282 e. The van der Waals surface area contributed by atoms with Crippen molar-refractivity contribution in [3.8, 4) is 0 Å². The van der Waals surface area contributed by atoms with E-state index in [0.29, 0.717) is 0 Å². The monoisotopic (exact) mass is 274 g/mol. The van der Waals surface area contributed by atoms with Gasteiger partial charge in [-0.2, -0.15) is 0 Å². The molecule has 2 rings (SSSR count). The highest BCUT2D eigenvalue weighted by molar-refractivity contribution is 8.13. The van der Waals surface area contributed by atoms with Crippen LogP contribution in [0.2, 0.25) is 0 Å². The Bertz CT molecular complexity index is 523. The molecule has 0 saturated heterocycles. The minimum atomic E-state index is 0.138. The van der Waals surface area contributed by atoms with Gasteiger partial charge in [-0.15, -0.1) is 11.8 Å². The standard InChI is InChI=1S/C15H14OS2/c1-17-15(16)14-10-6-5-7-12(14)11-18-13-8-3-2-4-9-13/h2-10H,11H2,1H3. The van der Waals surface area contributed by atoms with Crippen LogP contribution in [0.5, 0.6) is 0 Å². The first kappa shape index (κ1) is 13.2. The molecule has 0 unspecified atom stereocenters. The van der Waals surface area contributed by atoms with Crippen LogP contribution in [-0.4, -0.2) is 11.4 Å². The lowest BCUT2D eigenvalue weighted by atomic mass is 10.1. The molecule has 0 saturated carbocycles. The lowest BCUT2D eigenvalue weighted by Crippen LogP contribution is -1.97. The molecule has 0 bridgehead atoms. The van der Waals surface area contributed by atoms with Gasteiger partial charge in [-0.05, 0) is 24.0 Å². The fourth-order valence-electron chi connectivity index (χ4n) is 1.63. The van der Waals surface area contributed by atoms with E-state index in [1.165, 1.54) is 16.7 Å². The van der Waals surface area contributed by atoms with Crippen LogP contribution in [-0.2, 0) is 5.75 Å². The molecule has 0 heterocycles. The van der Waals surface area contributed by atoms with E-state index in [-0.39, 0.29) is 5.12 Å². The molecule has 0 fully saturated rings. The number of benzene rings is 2. The maximum atomic E-state index is 11.8. The van der Waals surface area contributed by atoms with E-state index in [1.807, 2.05) is 48.7 Å². The molecule has 0 aliphatic carbocycles. The third kappa shape index (κ3) is 3.40. The lowest BCUT2D eigenvalue weighted by molar-refractivity contribution is 0.108. The number of thioether (sulfide) groups is 2. The first-order chi connectivity index (χ1) is 8.81. The Morgan fingerprint density at radius 2 is 1.67 bits per heavy atom. The van der Waals surface area contributed by atoms with E-state index < -0.39 is 0 Å². The van der Waals surface area contributed by atoms with Crippen molar-refractivity contribution in [2.75, 3.05) is 6.26 Å². The van der Waals surface area contributed by atoms with Gasteiger partial charge in [0, 0.05) is 16.2 Å². The fraction of sp³-hybridized carbons (Fsp3) is 0.133. The summed E-state index contributed by atoms with van der Waals surface area (Å²) in [5.74, 6) is 0.826. The Hall–Kier alpha value is -1.19. The molecule has 1 nitrogen and oxygen atoms in total. The van der Waals surface area contributed by atoms with E-state index in [2.05, 4.69) is 12.1 Å². The molecule has 0 aliphatic heterocycles. The van der Waals surface area contributed by atoms with Crippen molar-refractivity contribution >= 4 is 28.6 Å². The zero-order valence-corrected chi connectivity index (χ0v) is 11.8. The Kier molecular flexibility index (Phi) is 4.90. The van der Waals surface area contributed by atoms with Gasteiger partial charge in [0.25, 0.3) is 0 Å². The second-order valence-corrected chi connectivity index (χ2v) is 5.58. The molecule has 0 spiro atoms. The SMILES string of the molecule is CSC(=O)c1ccccc1CSc1ccccc1. The number of rotatable bonds is 4.